The highest BCUT2D eigenvalue weighted by molar-refractivity contribution is 7.92. The van der Waals surface area contributed by atoms with Gasteiger partial charge in [-0.3, -0.25) is 9.44 Å². The van der Waals surface area contributed by atoms with Crippen LogP contribution in [0.4, 0.5) is 11.4 Å². The Balaban J connectivity index is 1.93. The molecule has 28 heavy (non-hydrogen) atoms. The summed E-state index contributed by atoms with van der Waals surface area (Å²) in [5.74, 6) is 0.0219. The van der Waals surface area contributed by atoms with Gasteiger partial charge in [-0.05, 0) is 54.9 Å². The van der Waals surface area contributed by atoms with Gasteiger partial charge < -0.3 is 10.1 Å². The summed E-state index contributed by atoms with van der Waals surface area (Å²) in [4.78, 5) is 0. The molecule has 0 radical (unpaired) electrons. The van der Waals surface area contributed by atoms with Crippen molar-refractivity contribution in [2.75, 3.05) is 41.6 Å². The predicted octanol–water partition coefficient (Wildman–Crippen LogP) is 1.64. The molecule has 0 aliphatic heterocycles. The summed E-state index contributed by atoms with van der Waals surface area (Å²) >= 11 is 0. The van der Waals surface area contributed by atoms with Crippen LogP contribution in [0.25, 0.3) is 0 Å². The van der Waals surface area contributed by atoms with Crippen molar-refractivity contribution in [3.63, 3.8) is 0 Å². The molecule has 10 heteroatoms. The number of anilines is 2. The van der Waals surface area contributed by atoms with Gasteiger partial charge in [-0.2, -0.15) is 0 Å². The highest BCUT2D eigenvalue weighted by atomic mass is 32.2. The highest BCUT2D eigenvalue weighted by Crippen LogP contribution is 2.16. The van der Waals surface area contributed by atoms with Crippen molar-refractivity contribution in [3.05, 3.63) is 54.1 Å². The summed E-state index contributed by atoms with van der Waals surface area (Å²) < 4.78 is 86.7. The Morgan fingerprint density at radius 3 is 1.86 bits per heavy atom. The van der Waals surface area contributed by atoms with Crippen LogP contribution < -0.4 is 19.5 Å². The number of hydrogen-bond donors (Lipinski definition) is 3. The number of sulfonamides is 2. The molecule has 2 aromatic rings. The number of benzene rings is 2. The lowest BCUT2D eigenvalue weighted by Gasteiger charge is -2.09. The van der Waals surface area contributed by atoms with Gasteiger partial charge >= 0.3 is 0 Å². The summed E-state index contributed by atoms with van der Waals surface area (Å²) in [6, 6.07) is 11.9. The van der Waals surface area contributed by atoms with Gasteiger partial charge in [-0.25, -0.2) is 16.8 Å². The van der Waals surface area contributed by atoms with Crippen molar-refractivity contribution < 1.29 is 27.1 Å². The first-order valence-corrected chi connectivity index (χ1v) is 11.9. The maximum absolute atomic E-state index is 11.2. The van der Waals surface area contributed by atoms with E-state index in [2.05, 4.69) is 14.8 Å². The Morgan fingerprint density at radius 2 is 1.36 bits per heavy atom. The van der Waals surface area contributed by atoms with Crippen LogP contribution >= 0.6 is 0 Å². The van der Waals surface area contributed by atoms with E-state index in [1.807, 2.05) is 0 Å². The molecule has 0 atom stereocenters. The molecule has 3 N–H and O–H groups in total. The van der Waals surface area contributed by atoms with Gasteiger partial charge in [0.2, 0.25) is 20.0 Å². The fourth-order valence-electron chi connectivity index (χ4n) is 2.15. The Kier molecular flexibility index (Phi) is 5.80. The molecule has 0 aliphatic rings. The average Bonchev–Trinajstić information content (AvgIpc) is 2.62. The molecule has 0 amide bonds. The van der Waals surface area contributed by atoms with Gasteiger partial charge in [0.05, 0.1) is 15.3 Å². The van der Waals surface area contributed by atoms with Crippen LogP contribution in [0.5, 0.6) is 5.75 Å². The van der Waals surface area contributed by atoms with E-state index in [9.17, 15) is 16.8 Å². The summed E-state index contributed by atoms with van der Waals surface area (Å²) in [5.41, 5.74) is 1.46. The fourth-order valence-corrected chi connectivity index (χ4v) is 3.28. The average molecular weight is 432 g/mol. The second-order valence-electron chi connectivity index (χ2n) is 5.98. The Morgan fingerprint density at radius 1 is 0.857 bits per heavy atom. The maximum atomic E-state index is 11.2. The van der Waals surface area contributed by atoms with E-state index >= 15 is 0 Å². The number of rotatable bonds is 11. The van der Waals surface area contributed by atoms with Crippen molar-refractivity contribution in [3.8, 4) is 5.75 Å². The van der Waals surface area contributed by atoms with Gasteiger partial charge in [-0.15, -0.1) is 0 Å². The van der Waals surface area contributed by atoms with E-state index in [0.717, 1.165) is 18.1 Å². The van der Waals surface area contributed by atoms with E-state index in [-0.39, 0.29) is 18.0 Å². The third kappa shape index (κ3) is 9.07. The Hall–Kier alpha value is -2.30. The zero-order valence-corrected chi connectivity index (χ0v) is 17.0. The first-order valence-electron chi connectivity index (χ1n) is 10.1. The zero-order valence-electron chi connectivity index (χ0n) is 19.4. The number of hydrogen-bond acceptors (Lipinski definition) is 6. The first-order chi connectivity index (χ1) is 14.6. The summed E-state index contributed by atoms with van der Waals surface area (Å²) in [6.07, 6.45) is 2.40. The molecule has 0 unspecified atom stereocenters. The van der Waals surface area contributed by atoms with E-state index in [1.165, 1.54) is 24.3 Å². The van der Waals surface area contributed by atoms with Crippen LogP contribution in [0.15, 0.2) is 48.5 Å². The number of ether oxygens (including phenoxy) is 1. The molecule has 0 fully saturated rings. The molecule has 154 valence electrons. The van der Waals surface area contributed by atoms with Gasteiger partial charge in [0, 0.05) is 20.6 Å². The minimum absolute atomic E-state index is 0.0219. The molecule has 2 rings (SSSR count). The summed E-state index contributed by atoms with van der Waals surface area (Å²) in [7, 11) is -6.83. The minimum atomic E-state index is -3.46. The van der Waals surface area contributed by atoms with Crippen molar-refractivity contribution in [1.82, 2.24) is 5.32 Å². The fraction of sp³-hybridized carbons (Fsp3) is 0.333. The van der Waals surface area contributed by atoms with Crippen molar-refractivity contribution >= 4 is 31.4 Å². The molecule has 0 bridgehead atoms. The van der Waals surface area contributed by atoms with Gasteiger partial charge in [0.25, 0.3) is 0 Å². The normalized spacial score (nSPS) is 14.9. The van der Waals surface area contributed by atoms with Crippen molar-refractivity contribution in [2.45, 2.75) is 6.42 Å². The highest BCUT2D eigenvalue weighted by Gasteiger charge is 2.03. The molecule has 0 saturated carbocycles. The zero-order chi connectivity index (χ0) is 24.2. The summed E-state index contributed by atoms with van der Waals surface area (Å²) in [6.45, 7) is -5.19. The quantitative estimate of drug-likeness (QED) is 0.498. The Labute approximate surface area is 172 Å². The van der Waals surface area contributed by atoms with Crippen LogP contribution in [0.3, 0.4) is 0 Å². The molecule has 0 aromatic heterocycles. The van der Waals surface area contributed by atoms with Crippen LogP contribution in [-0.2, 0) is 26.5 Å². The molecular weight excluding hydrogens is 402 g/mol. The second kappa shape index (κ2) is 9.76. The van der Waals surface area contributed by atoms with E-state index < -0.39 is 33.1 Å². The van der Waals surface area contributed by atoms with Crippen LogP contribution in [0.2, 0.25) is 0 Å². The standard InChI is InChI=1S/C18H25N3O5S2/c1-27(22,23)20-16-5-3-15(4-6-16)11-12-19-13-14-26-18-9-7-17(8-10-18)21-28(2,24)25/h3-10,19-21H,11-14H2,1-2H3/i13D2,14D2. The molecule has 0 aliphatic carbocycles. The van der Waals surface area contributed by atoms with Crippen molar-refractivity contribution in [1.29, 1.82) is 0 Å². The monoisotopic (exact) mass is 431 g/mol. The predicted molar refractivity (Wildman–Crippen MR) is 112 cm³/mol. The smallest absolute Gasteiger partial charge is 0.229 e. The molecule has 0 spiro atoms. The van der Waals surface area contributed by atoms with Gasteiger partial charge in [0.15, 0.2) is 0 Å². The van der Waals surface area contributed by atoms with E-state index in [4.69, 9.17) is 10.2 Å². The minimum Gasteiger partial charge on any atom is -0.492 e. The molecule has 2 aromatic carbocycles. The van der Waals surface area contributed by atoms with Gasteiger partial charge in [-0.1, -0.05) is 12.1 Å². The molecule has 0 heterocycles. The van der Waals surface area contributed by atoms with Crippen LogP contribution in [0, 0.1) is 0 Å². The largest absolute Gasteiger partial charge is 0.492 e. The van der Waals surface area contributed by atoms with Crippen LogP contribution in [0.1, 0.15) is 11.0 Å². The third-order valence-electron chi connectivity index (χ3n) is 3.26. The molecular formula is C18H25N3O5S2. The number of nitrogens with one attached hydrogen (secondary N) is 3. The third-order valence-corrected chi connectivity index (χ3v) is 4.47. The lowest BCUT2D eigenvalue weighted by atomic mass is 10.1. The van der Waals surface area contributed by atoms with Crippen LogP contribution in [-0.4, -0.2) is 48.9 Å². The molecule has 8 nitrogen and oxygen atoms in total. The maximum Gasteiger partial charge on any atom is 0.229 e. The lowest BCUT2D eigenvalue weighted by Crippen LogP contribution is -2.23. The van der Waals surface area contributed by atoms with E-state index in [0.29, 0.717) is 12.1 Å². The topological polar surface area (TPSA) is 114 Å². The first kappa shape index (κ1) is 16.6. The van der Waals surface area contributed by atoms with Gasteiger partial charge in [0.1, 0.15) is 12.3 Å². The lowest BCUT2D eigenvalue weighted by molar-refractivity contribution is 0.314. The molecule has 0 saturated heterocycles. The second-order valence-corrected chi connectivity index (χ2v) is 9.47. The van der Waals surface area contributed by atoms with Crippen molar-refractivity contribution in [2.24, 2.45) is 0 Å². The Bertz CT molecular complexity index is 1120. The SMILES string of the molecule is [2H]C([2H])(NCCc1ccc(NS(C)(=O)=O)cc1)C([2H])([2H])Oc1ccc(NS(C)(=O)=O)cc1. The van der Waals surface area contributed by atoms with E-state index in [1.54, 1.807) is 24.3 Å². The summed E-state index contributed by atoms with van der Waals surface area (Å²) in [5, 5.41) is 2.49.